The first-order chi connectivity index (χ1) is 10.5. The van der Waals surface area contributed by atoms with Crippen LogP contribution in [0.25, 0.3) is 0 Å². The summed E-state index contributed by atoms with van der Waals surface area (Å²) in [5.74, 6) is -0.899. The van der Waals surface area contributed by atoms with E-state index in [1.54, 1.807) is 28.0 Å². The largest absolute Gasteiger partial charge is 0.340 e. The van der Waals surface area contributed by atoms with Crippen LogP contribution in [0.5, 0.6) is 0 Å². The number of carbonyl (C=O) groups excluding carboxylic acids is 2. The molecule has 2 aliphatic rings. The van der Waals surface area contributed by atoms with E-state index in [0.29, 0.717) is 41.8 Å². The molecule has 2 saturated heterocycles. The molecule has 2 aliphatic heterocycles. The van der Waals surface area contributed by atoms with Crippen molar-refractivity contribution in [3.8, 4) is 0 Å². The summed E-state index contributed by atoms with van der Waals surface area (Å²) in [4.78, 5) is 28.3. The SMILES string of the molecule is N[C@H]1CCN(C(=O)[C@H]2CCN(c3ccc(Cl)c(Cl)c3)C2=O)C1. The van der Waals surface area contributed by atoms with E-state index >= 15 is 0 Å². The smallest absolute Gasteiger partial charge is 0.239 e. The van der Waals surface area contributed by atoms with Gasteiger partial charge in [0.1, 0.15) is 5.92 Å². The molecule has 2 heterocycles. The molecule has 0 saturated carbocycles. The lowest BCUT2D eigenvalue weighted by atomic mass is 10.1. The highest BCUT2D eigenvalue weighted by molar-refractivity contribution is 6.42. The summed E-state index contributed by atoms with van der Waals surface area (Å²) in [7, 11) is 0. The number of benzene rings is 1. The molecule has 118 valence electrons. The maximum absolute atomic E-state index is 12.6. The molecular weight excluding hydrogens is 325 g/mol. The van der Waals surface area contributed by atoms with Gasteiger partial charge < -0.3 is 15.5 Å². The normalized spacial score (nSPS) is 25.1. The lowest BCUT2D eigenvalue weighted by Gasteiger charge is -2.20. The zero-order valence-electron chi connectivity index (χ0n) is 12.0. The van der Waals surface area contributed by atoms with Gasteiger partial charge in [-0.2, -0.15) is 0 Å². The Hall–Kier alpha value is -1.30. The van der Waals surface area contributed by atoms with Crippen LogP contribution in [0.3, 0.4) is 0 Å². The third kappa shape index (κ3) is 2.81. The molecule has 1 aromatic rings. The Morgan fingerprint density at radius 2 is 1.95 bits per heavy atom. The van der Waals surface area contributed by atoms with Gasteiger partial charge in [-0.1, -0.05) is 23.2 Å². The van der Waals surface area contributed by atoms with Crippen LogP contribution in [0.4, 0.5) is 5.69 Å². The van der Waals surface area contributed by atoms with Gasteiger partial charge in [-0.15, -0.1) is 0 Å². The van der Waals surface area contributed by atoms with Gasteiger partial charge >= 0.3 is 0 Å². The van der Waals surface area contributed by atoms with E-state index < -0.39 is 5.92 Å². The number of anilines is 1. The van der Waals surface area contributed by atoms with Crippen molar-refractivity contribution in [3.63, 3.8) is 0 Å². The van der Waals surface area contributed by atoms with Crippen LogP contribution in [-0.2, 0) is 9.59 Å². The van der Waals surface area contributed by atoms with E-state index in [0.717, 1.165) is 6.42 Å². The van der Waals surface area contributed by atoms with Crippen LogP contribution in [0.1, 0.15) is 12.8 Å². The standard InChI is InChI=1S/C15H17Cl2N3O2/c16-12-2-1-10(7-13(12)17)20-6-4-11(15(20)22)14(21)19-5-3-9(18)8-19/h1-2,7,9,11H,3-6,8,18H2/t9-,11+/m0/s1. The topological polar surface area (TPSA) is 66.6 Å². The third-order valence-corrected chi connectivity index (χ3v) is 4.99. The number of hydrogen-bond acceptors (Lipinski definition) is 3. The molecular formula is C15H17Cl2N3O2. The fourth-order valence-electron chi connectivity index (χ4n) is 3.03. The van der Waals surface area contributed by atoms with Crippen molar-refractivity contribution < 1.29 is 9.59 Å². The molecule has 22 heavy (non-hydrogen) atoms. The number of amides is 2. The molecule has 2 fully saturated rings. The van der Waals surface area contributed by atoms with Crippen LogP contribution in [0.2, 0.25) is 10.0 Å². The van der Waals surface area contributed by atoms with Gasteiger partial charge in [-0.3, -0.25) is 9.59 Å². The molecule has 2 atom stereocenters. The highest BCUT2D eigenvalue weighted by Gasteiger charge is 2.41. The van der Waals surface area contributed by atoms with Gasteiger partial charge in [0.15, 0.2) is 0 Å². The first-order valence-electron chi connectivity index (χ1n) is 7.28. The van der Waals surface area contributed by atoms with Gasteiger partial charge in [0.25, 0.3) is 0 Å². The van der Waals surface area contributed by atoms with Crippen LogP contribution in [0, 0.1) is 5.92 Å². The lowest BCUT2D eigenvalue weighted by molar-refractivity contribution is -0.139. The van der Waals surface area contributed by atoms with Gasteiger partial charge in [0.2, 0.25) is 11.8 Å². The first kappa shape index (κ1) is 15.6. The van der Waals surface area contributed by atoms with Crippen LogP contribution in [0.15, 0.2) is 18.2 Å². The molecule has 0 aliphatic carbocycles. The highest BCUT2D eigenvalue weighted by atomic mass is 35.5. The zero-order valence-corrected chi connectivity index (χ0v) is 13.5. The second-order valence-electron chi connectivity index (χ2n) is 5.76. The molecule has 0 radical (unpaired) electrons. The Kier molecular flexibility index (Phi) is 4.30. The predicted octanol–water partition coefficient (Wildman–Crippen LogP) is 1.91. The van der Waals surface area contributed by atoms with Crippen molar-refractivity contribution in [3.05, 3.63) is 28.2 Å². The van der Waals surface area contributed by atoms with E-state index in [2.05, 4.69) is 0 Å². The summed E-state index contributed by atoms with van der Waals surface area (Å²) in [6, 6.07) is 5.07. The minimum absolute atomic E-state index is 0.0200. The van der Waals surface area contributed by atoms with Crippen molar-refractivity contribution in [2.75, 3.05) is 24.5 Å². The Morgan fingerprint density at radius 1 is 1.18 bits per heavy atom. The third-order valence-electron chi connectivity index (χ3n) is 4.25. The van der Waals surface area contributed by atoms with Crippen molar-refractivity contribution in [1.29, 1.82) is 0 Å². The molecule has 3 rings (SSSR count). The molecule has 0 bridgehead atoms. The molecule has 0 spiro atoms. The Bertz CT molecular complexity index is 623. The molecule has 5 nitrogen and oxygen atoms in total. The van der Waals surface area contributed by atoms with E-state index in [1.165, 1.54) is 0 Å². The summed E-state index contributed by atoms with van der Waals surface area (Å²) < 4.78 is 0. The molecule has 2 N–H and O–H groups in total. The van der Waals surface area contributed by atoms with E-state index in [9.17, 15) is 9.59 Å². The van der Waals surface area contributed by atoms with Crippen molar-refractivity contribution in [2.24, 2.45) is 11.7 Å². The number of likely N-dealkylation sites (tertiary alicyclic amines) is 1. The van der Waals surface area contributed by atoms with Gasteiger partial charge in [-0.25, -0.2) is 0 Å². The quantitative estimate of drug-likeness (QED) is 0.835. The summed E-state index contributed by atoms with van der Waals surface area (Å²) in [5, 5.41) is 0.836. The zero-order chi connectivity index (χ0) is 15.9. The maximum Gasteiger partial charge on any atom is 0.239 e. The fraction of sp³-hybridized carbons (Fsp3) is 0.467. The fourth-order valence-corrected chi connectivity index (χ4v) is 3.32. The Labute approximate surface area is 138 Å². The maximum atomic E-state index is 12.6. The summed E-state index contributed by atoms with van der Waals surface area (Å²) in [6.45, 7) is 1.68. The number of nitrogens with two attached hydrogens (primary N) is 1. The number of halogens is 2. The lowest BCUT2D eigenvalue weighted by Crippen LogP contribution is -2.40. The Morgan fingerprint density at radius 3 is 2.59 bits per heavy atom. The molecule has 0 unspecified atom stereocenters. The first-order valence-corrected chi connectivity index (χ1v) is 8.04. The second-order valence-corrected chi connectivity index (χ2v) is 6.58. The van der Waals surface area contributed by atoms with Gasteiger partial charge in [0, 0.05) is 31.4 Å². The van der Waals surface area contributed by atoms with Gasteiger partial charge in [-0.05, 0) is 31.0 Å². The van der Waals surface area contributed by atoms with Gasteiger partial charge in [0.05, 0.1) is 10.0 Å². The van der Waals surface area contributed by atoms with Crippen LogP contribution < -0.4 is 10.6 Å². The van der Waals surface area contributed by atoms with Crippen LogP contribution in [-0.4, -0.2) is 42.4 Å². The monoisotopic (exact) mass is 341 g/mol. The van der Waals surface area contributed by atoms with Crippen LogP contribution >= 0.6 is 23.2 Å². The number of nitrogens with zero attached hydrogens (tertiary/aromatic N) is 2. The molecule has 0 aromatic heterocycles. The minimum Gasteiger partial charge on any atom is -0.340 e. The second kappa shape index (κ2) is 6.07. The minimum atomic E-state index is -0.611. The molecule has 1 aromatic carbocycles. The number of carbonyl (C=O) groups is 2. The summed E-state index contributed by atoms with van der Waals surface area (Å²) in [6.07, 6.45) is 1.31. The van der Waals surface area contributed by atoms with Crippen molar-refractivity contribution in [2.45, 2.75) is 18.9 Å². The predicted molar refractivity (Wildman–Crippen MR) is 86.1 cm³/mol. The average molecular weight is 342 g/mol. The summed E-state index contributed by atoms with van der Waals surface area (Å²) in [5.41, 5.74) is 6.50. The molecule has 7 heteroatoms. The Balaban J connectivity index is 1.74. The average Bonchev–Trinajstić information content (AvgIpc) is 3.08. The number of rotatable bonds is 2. The summed E-state index contributed by atoms with van der Waals surface area (Å²) >= 11 is 11.9. The number of hydrogen-bond donors (Lipinski definition) is 1. The van der Waals surface area contributed by atoms with Crippen molar-refractivity contribution in [1.82, 2.24) is 4.90 Å². The van der Waals surface area contributed by atoms with E-state index in [4.69, 9.17) is 28.9 Å². The molecule has 2 amide bonds. The van der Waals surface area contributed by atoms with E-state index in [-0.39, 0.29) is 17.9 Å². The van der Waals surface area contributed by atoms with Crippen molar-refractivity contribution >= 4 is 40.7 Å². The van der Waals surface area contributed by atoms with E-state index in [1.807, 2.05) is 0 Å². The highest BCUT2D eigenvalue weighted by Crippen LogP contribution is 2.32.